The number of thiophene rings is 1. The van der Waals surface area contributed by atoms with E-state index in [9.17, 15) is 0 Å². The lowest BCUT2D eigenvalue weighted by atomic mass is 9.99. The van der Waals surface area contributed by atoms with Gasteiger partial charge in [-0.15, -0.1) is 11.3 Å². The van der Waals surface area contributed by atoms with Crippen LogP contribution in [-0.2, 0) is 6.42 Å². The molecule has 0 aliphatic carbocycles. The molecule has 1 atom stereocenters. The van der Waals surface area contributed by atoms with Gasteiger partial charge in [0, 0.05) is 21.2 Å². The van der Waals surface area contributed by atoms with Crippen molar-refractivity contribution in [1.29, 1.82) is 0 Å². The van der Waals surface area contributed by atoms with Crippen LogP contribution in [-0.4, -0.2) is 6.54 Å². The van der Waals surface area contributed by atoms with Crippen LogP contribution < -0.4 is 5.73 Å². The second-order valence-corrected chi connectivity index (χ2v) is 6.20. The van der Waals surface area contributed by atoms with Gasteiger partial charge in [0.15, 0.2) is 0 Å². The SMILES string of the molecule is CC(CN)c1ccc(Cc2cc(Br)cs2)cc1. The third-order valence-corrected chi connectivity index (χ3v) is 4.60. The summed E-state index contributed by atoms with van der Waals surface area (Å²) in [4.78, 5) is 1.39. The third kappa shape index (κ3) is 3.41. The lowest BCUT2D eigenvalue weighted by molar-refractivity contribution is 0.773. The number of rotatable bonds is 4. The molecule has 0 bridgehead atoms. The van der Waals surface area contributed by atoms with Gasteiger partial charge in [0.25, 0.3) is 0 Å². The van der Waals surface area contributed by atoms with Crippen molar-refractivity contribution < 1.29 is 0 Å². The van der Waals surface area contributed by atoms with Gasteiger partial charge in [0.1, 0.15) is 0 Å². The molecule has 0 saturated heterocycles. The molecule has 0 amide bonds. The van der Waals surface area contributed by atoms with Crippen molar-refractivity contribution in [3.05, 3.63) is 56.2 Å². The standard InChI is InChI=1S/C14H16BrNS/c1-10(8-16)12-4-2-11(3-5-12)6-14-7-13(15)9-17-14/h2-5,7,9-10H,6,8,16H2,1H3. The van der Waals surface area contributed by atoms with Gasteiger partial charge >= 0.3 is 0 Å². The quantitative estimate of drug-likeness (QED) is 0.901. The maximum atomic E-state index is 5.66. The van der Waals surface area contributed by atoms with Crippen LogP contribution in [0.15, 0.2) is 40.2 Å². The molecular formula is C14H16BrNS. The van der Waals surface area contributed by atoms with Gasteiger partial charge in [-0.05, 0) is 45.6 Å². The van der Waals surface area contributed by atoms with E-state index in [2.05, 4.69) is 58.6 Å². The van der Waals surface area contributed by atoms with Crippen LogP contribution in [0.25, 0.3) is 0 Å². The Morgan fingerprint density at radius 3 is 2.53 bits per heavy atom. The zero-order valence-corrected chi connectivity index (χ0v) is 12.2. The van der Waals surface area contributed by atoms with E-state index in [0.717, 1.165) is 6.42 Å². The first kappa shape index (κ1) is 12.8. The minimum atomic E-state index is 0.444. The molecule has 1 heterocycles. The summed E-state index contributed by atoms with van der Waals surface area (Å²) >= 11 is 5.27. The molecule has 3 heteroatoms. The highest BCUT2D eigenvalue weighted by Crippen LogP contribution is 2.23. The maximum absolute atomic E-state index is 5.66. The third-order valence-electron chi connectivity index (χ3n) is 2.90. The highest BCUT2D eigenvalue weighted by Gasteiger charge is 2.04. The summed E-state index contributed by atoms with van der Waals surface area (Å²) in [7, 11) is 0. The van der Waals surface area contributed by atoms with Crippen molar-refractivity contribution in [3.8, 4) is 0 Å². The fourth-order valence-corrected chi connectivity index (χ4v) is 3.23. The predicted molar refractivity (Wildman–Crippen MR) is 78.7 cm³/mol. The van der Waals surface area contributed by atoms with E-state index >= 15 is 0 Å². The maximum Gasteiger partial charge on any atom is 0.0285 e. The molecule has 2 rings (SSSR count). The van der Waals surface area contributed by atoms with Crippen molar-refractivity contribution >= 4 is 27.3 Å². The van der Waals surface area contributed by atoms with Crippen molar-refractivity contribution in [2.24, 2.45) is 5.73 Å². The number of benzene rings is 1. The topological polar surface area (TPSA) is 26.0 Å². The van der Waals surface area contributed by atoms with Gasteiger partial charge in [-0.2, -0.15) is 0 Å². The first-order valence-corrected chi connectivity index (χ1v) is 7.38. The van der Waals surface area contributed by atoms with Crippen LogP contribution in [0.4, 0.5) is 0 Å². The first-order chi connectivity index (χ1) is 8.19. The second-order valence-electron chi connectivity index (χ2n) is 4.29. The Kier molecular flexibility index (Phi) is 4.37. The molecule has 1 aromatic heterocycles. The van der Waals surface area contributed by atoms with E-state index in [4.69, 9.17) is 5.73 Å². The minimum Gasteiger partial charge on any atom is -0.330 e. The Bertz CT molecular complexity index is 475. The summed E-state index contributed by atoms with van der Waals surface area (Å²) in [5.41, 5.74) is 8.34. The van der Waals surface area contributed by atoms with Crippen molar-refractivity contribution in [2.75, 3.05) is 6.54 Å². The Morgan fingerprint density at radius 2 is 2.00 bits per heavy atom. The van der Waals surface area contributed by atoms with Crippen molar-refractivity contribution in [2.45, 2.75) is 19.3 Å². The average Bonchev–Trinajstić information content (AvgIpc) is 2.75. The van der Waals surface area contributed by atoms with E-state index in [1.54, 1.807) is 11.3 Å². The minimum absolute atomic E-state index is 0.444. The van der Waals surface area contributed by atoms with Gasteiger partial charge in [-0.3, -0.25) is 0 Å². The average molecular weight is 310 g/mol. The van der Waals surface area contributed by atoms with Crippen LogP contribution in [0.1, 0.15) is 28.8 Å². The van der Waals surface area contributed by atoms with Gasteiger partial charge in [-0.1, -0.05) is 31.2 Å². The Morgan fingerprint density at radius 1 is 1.29 bits per heavy atom. The fraction of sp³-hybridized carbons (Fsp3) is 0.286. The molecule has 0 spiro atoms. The summed E-state index contributed by atoms with van der Waals surface area (Å²) in [6.45, 7) is 2.86. The molecule has 1 nitrogen and oxygen atoms in total. The molecule has 0 aliphatic rings. The zero-order chi connectivity index (χ0) is 12.3. The molecule has 0 aliphatic heterocycles. The van der Waals surface area contributed by atoms with E-state index in [-0.39, 0.29) is 0 Å². The molecule has 17 heavy (non-hydrogen) atoms. The van der Waals surface area contributed by atoms with Crippen LogP contribution in [0.5, 0.6) is 0 Å². The molecule has 0 saturated carbocycles. The van der Waals surface area contributed by atoms with Gasteiger partial charge < -0.3 is 5.73 Å². The lowest BCUT2D eigenvalue weighted by Gasteiger charge is -2.09. The Hall–Kier alpha value is -0.640. The molecule has 1 unspecified atom stereocenters. The molecule has 0 radical (unpaired) electrons. The number of halogens is 1. The molecule has 2 aromatic rings. The first-order valence-electron chi connectivity index (χ1n) is 5.71. The van der Waals surface area contributed by atoms with Crippen LogP contribution in [0.3, 0.4) is 0 Å². The van der Waals surface area contributed by atoms with Crippen LogP contribution in [0, 0.1) is 0 Å². The van der Waals surface area contributed by atoms with Gasteiger partial charge in [0.05, 0.1) is 0 Å². The smallest absolute Gasteiger partial charge is 0.0285 e. The number of hydrogen-bond acceptors (Lipinski definition) is 2. The normalized spacial score (nSPS) is 12.6. The summed E-state index contributed by atoms with van der Waals surface area (Å²) < 4.78 is 1.17. The number of nitrogens with two attached hydrogens (primary N) is 1. The fourth-order valence-electron chi connectivity index (χ4n) is 1.75. The van der Waals surface area contributed by atoms with Crippen molar-refractivity contribution in [1.82, 2.24) is 0 Å². The van der Waals surface area contributed by atoms with E-state index < -0.39 is 0 Å². The second kappa shape index (κ2) is 5.80. The molecule has 2 N–H and O–H groups in total. The Labute approximate surface area is 115 Å². The highest BCUT2D eigenvalue weighted by molar-refractivity contribution is 9.10. The zero-order valence-electron chi connectivity index (χ0n) is 9.82. The summed E-state index contributed by atoms with van der Waals surface area (Å²) in [5, 5.41) is 2.13. The van der Waals surface area contributed by atoms with E-state index in [0.29, 0.717) is 12.5 Å². The highest BCUT2D eigenvalue weighted by atomic mass is 79.9. The molecule has 90 valence electrons. The number of hydrogen-bond donors (Lipinski definition) is 1. The summed E-state index contributed by atoms with van der Waals surface area (Å²) in [6, 6.07) is 11.0. The monoisotopic (exact) mass is 309 g/mol. The van der Waals surface area contributed by atoms with E-state index in [1.165, 1.54) is 20.5 Å². The largest absolute Gasteiger partial charge is 0.330 e. The summed E-state index contributed by atoms with van der Waals surface area (Å²) in [5.74, 6) is 0.444. The van der Waals surface area contributed by atoms with Gasteiger partial charge in [0.2, 0.25) is 0 Å². The van der Waals surface area contributed by atoms with Crippen molar-refractivity contribution in [3.63, 3.8) is 0 Å². The van der Waals surface area contributed by atoms with Crippen LogP contribution >= 0.6 is 27.3 Å². The Balaban J connectivity index is 2.08. The van der Waals surface area contributed by atoms with Crippen LogP contribution in [0.2, 0.25) is 0 Å². The van der Waals surface area contributed by atoms with Gasteiger partial charge in [-0.25, -0.2) is 0 Å². The molecule has 1 aromatic carbocycles. The molecule has 0 fully saturated rings. The summed E-state index contributed by atoms with van der Waals surface area (Å²) in [6.07, 6.45) is 1.01. The lowest BCUT2D eigenvalue weighted by Crippen LogP contribution is -2.08. The molecular weight excluding hydrogens is 294 g/mol. The van der Waals surface area contributed by atoms with E-state index in [1.807, 2.05) is 0 Å². The predicted octanol–water partition coefficient (Wildman–Crippen LogP) is 4.16.